The van der Waals surface area contributed by atoms with Crippen LogP contribution in [0.2, 0.25) is 0 Å². The highest BCUT2D eigenvalue weighted by molar-refractivity contribution is 5.99. The normalized spacial score (nSPS) is 10.3. The van der Waals surface area contributed by atoms with Crippen LogP contribution in [0.5, 0.6) is 0 Å². The van der Waals surface area contributed by atoms with Crippen molar-refractivity contribution in [2.45, 2.75) is 6.43 Å². The summed E-state index contributed by atoms with van der Waals surface area (Å²) in [5.41, 5.74) is 0.856. The maximum Gasteiger partial charge on any atom is 0.256 e. The van der Waals surface area contributed by atoms with Crippen molar-refractivity contribution in [1.29, 1.82) is 0 Å². The zero-order valence-electron chi connectivity index (χ0n) is 9.08. The Labute approximate surface area is 92.3 Å². The smallest absolute Gasteiger partial charge is 0.256 e. The molecule has 0 atom stereocenters. The Balaban J connectivity index is 2.87. The molecule has 0 aliphatic heterocycles. The molecule has 1 amide bonds. The minimum atomic E-state index is -2.53. The summed E-state index contributed by atoms with van der Waals surface area (Å²) in [5.74, 6) is -0.452. The molecule has 0 bridgehead atoms. The summed E-state index contributed by atoms with van der Waals surface area (Å²) in [5, 5.41) is 2.79. The molecular weight excluding hydrogens is 216 g/mol. The van der Waals surface area contributed by atoms with Gasteiger partial charge in [0.1, 0.15) is 0 Å². The van der Waals surface area contributed by atoms with Gasteiger partial charge in [0.25, 0.3) is 12.3 Å². The zero-order valence-corrected chi connectivity index (χ0v) is 9.08. The minimum absolute atomic E-state index is 0.334. The summed E-state index contributed by atoms with van der Waals surface area (Å²) in [6.07, 6.45) is 0.391. The van der Waals surface area contributed by atoms with Gasteiger partial charge >= 0.3 is 0 Å². The third-order valence-corrected chi connectivity index (χ3v) is 2.08. The lowest BCUT2D eigenvalue weighted by Gasteiger charge is -2.18. The summed E-state index contributed by atoms with van der Waals surface area (Å²) in [6.45, 7) is -0.579. The largest absolute Gasteiger partial charge is 0.386 e. The van der Waals surface area contributed by atoms with E-state index in [1.165, 1.54) is 25.5 Å². The topological polar surface area (TPSA) is 45.2 Å². The third-order valence-electron chi connectivity index (χ3n) is 2.08. The molecule has 0 aromatic carbocycles. The van der Waals surface area contributed by atoms with Gasteiger partial charge in [-0.1, -0.05) is 0 Å². The number of pyridine rings is 1. The van der Waals surface area contributed by atoms with E-state index in [0.29, 0.717) is 11.3 Å². The number of rotatable bonds is 4. The molecule has 0 unspecified atom stereocenters. The highest BCUT2D eigenvalue weighted by Crippen LogP contribution is 2.14. The standard InChI is InChI=1S/C10H13F2N3O/c1-13-8-5-14-4-3-7(8)10(16)15(2)6-9(11)12/h3-5,9,13H,6H2,1-2H3. The van der Waals surface area contributed by atoms with Crippen molar-refractivity contribution in [2.75, 3.05) is 26.0 Å². The summed E-state index contributed by atoms with van der Waals surface area (Å²) < 4.78 is 24.2. The fourth-order valence-corrected chi connectivity index (χ4v) is 1.28. The molecule has 4 nitrogen and oxygen atoms in total. The van der Waals surface area contributed by atoms with Crippen molar-refractivity contribution in [3.8, 4) is 0 Å². The SMILES string of the molecule is CNc1cnccc1C(=O)N(C)CC(F)F. The van der Waals surface area contributed by atoms with Gasteiger partial charge in [0, 0.05) is 20.3 Å². The Morgan fingerprint density at radius 3 is 2.88 bits per heavy atom. The first-order chi connectivity index (χ1) is 7.56. The lowest BCUT2D eigenvalue weighted by molar-refractivity contribution is 0.0621. The van der Waals surface area contributed by atoms with E-state index in [4.69, 9.17) is 0 Å². The maximum atomic E-state index is 12.1. The van der Waals surface area contributed by atoms with Crippen molar-refractivity contribution in [3.63, 3.8) is 0 Å². The van der Waals surface area contributed by atoms with Crippen LogP contribution >= 0.6 is 0 Å². The van der Waals surface area contributed by atoms with Gasteiger partial charge in [-0.25, -0.2) is 8.78 Å². The molecule has 1 aromatic rings. The fourth-order valence-electron chi connectivity index (χ4n) is 1.28. The van der Waals surface area contributed by atoms with Crippen LogP contribution in [0.1, 0.15) is 10.4 Å². The second kappa shape index (κ2) is 5.39. The summed E-state index contributed by atoms with van der Waals surface area (Å²) in [7, 11) is 2.98. The van der Waals surface area contributed by atoms with E-state index in [1.54, 1.807) is 7.05 Å². The van der Waals surface area contributed by atoms with Crippen LogP contribution < -0.4 is 5.32 Å². The van der Waals surface area contributed by atoms with E-state index in [2.05, 4.69) is 10.3 Å². The average Bonchev–Trinajstić information content (AvgIpc) is 2.27. The summed E-state index contributed by atoms with van der Waals surface area (Å²) >= 11 is 0. The number of nitrogens with zero attached hydrogens (tertiary/aromatic N) is 2. The molecular formula is C10H13F2N3O. The first-order valence-electron chi connectivity index (χ1n) is 4.71. The number of alkyl halides is 2. The molecule has 0 aliphatic rings. The number of carbonyl (C=O) groups is 1. The molecule has 0 fully saturated rings. The number of hydrogen-bond donors (Lipinski definition) is 1. The summed E-state index contributed by atoms with van der Waals surface area (Å²) in [6, 6.07) is 1.50. The highest BCUT2D eigenvalue weighted by atomic mass is 19.3. The van der Waals surface area contributed by atoms with Crippen LogP contribution in [-0.2, 0) is 0 Å². The lowest BCUT2D eigenvalue weighted by Crippen LogP contribution is -2.31. The van der Waals surface area contributed by atoms with Crippen LogP contribution in [0.3, 0.4) is 0 Å². The van der Waals surface area contributed by atoms with Crippen LogP contribution in [0, 0.1) is 0 Å². The van der Waals surface area contributed by atoms with Gasteiger partial charge in [-0.05, 0) is 6.07 Å². The molecule has 6 heteroatoms. The third kappa shape index (κ3) is 2.88. The Hall–Kier alpha value is -1.72. The van der Waals surface area contributed by atoms with Gasteiger partial charge < -0.3 is 10.2 Å². The molecule has 0 radical (unpaired) electrons. The first kappa shape index (κ1) is 12.4. The second-order valence-corrected chi connectivity index (χ2v) is 3.25. The van der Waals surface area contributed by atoms with Gasteiger partial charge in [-0.3, -0.25) is 9.78 Å². The number of nitrogens with one attached hydrogen (secondary N) is 1. The van der Waals surface area contributed by atoms with Crippen LogP contribution in [-0.4, -0.2) is 42.9 Å². The van der Waals surface area contributed by atoms with Crippen molar-refractivity contribution in [2.24, 2.45) is 0 Å². The summed E-state index contributed by atoms with van der Waals surface area (Å²) in [4.78, 5) is 16.6. The fraction of sp³-hybridized carbons (Fsp3) is 0.400. The Morgan fingerprint density at radius 2 is 2.31 bits per heavy atom. The zero-order chi connectivity index (χ0) is 12.1. The van der Waals surface area contributed by atoms with Crippen LogP contribution in [0.25, 0.3) is 0 Å². The maximum absolute atomic E-state index is 12.1. The molecule has 1 N–H and O–H groups in total. The highest BCUT2D eigenvalue weighted by Gasteiger charge is 2.18. The Morgan fingerprint density at radius 1 is 1.62 bits per heavy atom. The molecule has 1 rings (SSSR count). The van der Waals surface area contributed by atoms with Crippen LogP contribution in [0.4, 0.5) is 14.5 Å². The molecule has 0 aliphatic carbocycles. The van der Waals surface area contributed by atoms with E-state index in [0.717, 1.165) is 4.90 Å². The number of aromatic nitrogens is 1. The minimum Gasteiger partial charge on any atom is -0.386 e. The van der Waals surface area contributed by atoms with Crippen molar-refractivity contribution in [3.05, 3.63) is 24.0 Å². The number of amides is 1. The monoisotopic (exact) mass is 229 g/mol. The molecule has 88 valence electrons. The molecule has 1 aromatic heterocycles. The van der Waals surface area contributed by atoms with E-state index < -0.39 is 18.9 Å². The van der Waals surface area contributed by atoms with Gasteiger partial charge in [-0.15, -0.1) is 0 Å². The quantitative estimate of drug-likeness (QED) is 0.850. The molecule has 0 saturated heterocycles. The van der Waals surface area contributed by atoms with Crippen LogP contribution in [0.15, 0.2) is 18.5 Å². The van der Waals surface area contributed by atoms with Gasteiger partial charge in [0.2, 0.25) is 0 Å². The molecule has 0 saturated carbocycles. The number of anilines is 1. The predicted molar refractivity (Wildman–Crippen MR) is 56.7 cm³/mol. The number of carbonyl (C=O) groups excluding carboxylic acids is 1. The van der Waals surface area contributed by atoms with Crippen molar-refractivity contribution < 1.29 is 13.6 Å². The number of hydrogen-bond acceptors (Lipinski definition) is 3. The predicted octanol–water partition coefficient (Wildman–Crippen LogP) is 1.46. The average molecular weight is 229 g/mol. The van der Waals surface area contributed by atoms with E-state index in [-0.39, 0.29) is 0 Å². The van der Waals surface area contributed by atoms with Gasteiger partial charge in [0.05, 0.1) is 24.0 Å². The second-order valence-electron chi connectivity index (χ2n) is 3.25. The Bertz CT molecular complexity index is 371. The van der Waals surface area contributed by atoms with E-state index >= 15 is 0 Å². The molecule has 1 heterocycles. The number of halogens is 2. The van der Waals surface area contributed by atoms with E-state index in [1.807, 2.05) is 0 Å². The van der Waals surface area contributed by atoms with Crippen molar-refractivity contribution in [1.82, 2.24) is 9.88 Å². The first-order valence-corrected chi connectivity index (χ1v) is 4.71. The van der Waals surface area contributed by atoms with Gasteiger partial charge in [0.15, 0.2) is 0 Å². The van der Waals surface area contributed by atoms with Crippen molar-refractivity contribution >= 4 is 11.6 Å². The Kier molecular flexibility index (Phi) is 4.16. The lowest BCUT2D eigenvalue weighted by atomic mass is 10.2. The molecule has 16 heavy (non-hydrogen) atoms. The molecule has 0 spiro atoms. The van der Waals surface area contributed by atoms with Gasteiger partial charge in [-0.2, -0.15) is 0 Å². The van der Waals surface area contributed by atoms with E-state index in [9.17, 15) is 13.6 Å².